The van der Waals surface area contributed by atoms with Gasteiger partial charge in [0.15, 0.2) is 0 Å². The maximum absolute atomic E-state index is 2.96. The predicted molar refractivity (Wildman–Crippen MR) is 322 cm³/mol. The SMILES string of the molecule is CC(C)(C)c1ccc(N(c2ccc(C(C)(C)C)cc2)c2cc3c4c(c2)N2c5c6cc(cc5C5(C)CCCCC25C)C(C)(C)CC2(C)CCC(C)(C)c5cc7sc(c(c7cc52)B64)N3c2ccc(C(C)(C)C)cc2)cc1. The minimum atomic E-state index is -0.119. The maximum Gasteiger partial charge on any atom is 0.254 e. The van der Waals surface area contributed by atoms with Crippen molar-refractivity contribution in [3.63, 3.8) is 0 Å². The van der Waals surface area contributed by atoms with Crippen molar-refractivity contribution in [2.75, 3.05) is 14.7 Å². The van der Waals surface area contributed by atoms with Gasteiger partial charge < -0.3 is 14.7 Å². The Morgan fingerprint density at radius 2 is 1.09 bits per heavy atom. The highest BCUT2D eigenvalue weighted by molar-refractivity contribution is 7.26. The Hall–Kier alpha value is -5.26. The van der Waals surface area contributed by atoms with Crippen molar-refractivity contribution < 1.29 is 0 Å². The van der Waals surface area contributed by atoms with Gasteiger partial charge in [0.1, 0.15) is 0 Å². The number of hydrogen-bond acceptors (Lipinski definition) is 4. The van der Waals surface area contributed by atoms with Gasteiger partial charge in [-0.25, -0.2) is 0 Å². The van der Waals surface area contributed by atoms with Crippen molar-refractivity contribution in [2.45, 2.75) is 199 Å². The standard InChI is InChI=1S/C69H80BN3S/c1-62(2,3)42-19-25-46(26-20-42)71(47-27-21-43(22-28-47)63(4,5)6)49-37-55-59-56(38-49)73-60-53(68(15)31-17-18-32-69(68,73)16)35-45-36-54(60)70(59)58-50-39-52-51(65(10,11)33-34-67(52,14)41-66(45,12)13)40-57(50)74-61(58)72(55)48-29-23-44(24-30-48)64(7,8)9/h19-30,35-40H,17-18,31-34,41H2,1-16H3. The molecule has 6 aromatic carbocycles. The van der Waals surface area contributed by atoms with Crippen molar-refractivity contribution >= 4 is 89.3 Å². The molecule has 0 N–H and O–H groups in total. The fraction of sp³-hybridized carbons (Fsp3) is 0.449. The van der Waals surface area contributed by atoms with E-state index < -0.39 is 0 Å². The van der Waals surface area contributed by atoms with Crippen molar-refractivity contribution in [1.29, 1.82) is 0 Å². The van der Waals surface area contributed by atoms with Gasteiger partial charge in [-0.15, -0.1) is 11.3 Å². The molecule has 0 amide bonds. The molecule has 4 bridgehead atoms. The van der Waals surface area contributed by atoms with Crippen LogP contribution >= 0.6 is 11.3 Å². The van der Waals surface area contributed by atoms with E-state index >= 15 is 0 Å². The molecule has 1 saturated carbocycles. The first kappa shape index (κ1) is 48.4. The number of anilines is 8. The summed E-state index contributed by atoms with van der Waals surface area (Å²) in [5.41, 5.74) is 23.9. The van der Waals surface area contributed by atoms with Gasteiger partial charge in [0.05, 0.1) is 16.2 Å². The van der Waals surface area contributed by atoms with Gasteiger partial charge >= 0.3 is 0 Å². The van der Waals surface area contributed by atoms with Crippen LogP contribution in [0, 0.1) is 0 Å². The van der Waals surface area contributed by atoms with E-state index in [0.29, 0.717) is 0 Å². The highest BCUT2D eigenvalue weighted by atomic mass is 32.1. The van der Waals surface area contributed by atoms with Crippen LogP contribution in [-0.4, -0.2) is 12.3 Å². The highest BCUT2D eigenvalue weighted by Gasteiger charge is 2.62. The van der Waals surface area contributed by atoms with E-state index in [0.717, 1.165) is 12.8 Å². The van der Waals surface area contributed by atoms with Gasteiger partial charge in [0, 0.05) is 44.2 Å². The minimum absolute atomic E-state index is 0.0258. The van der Waals surface area contributed by atoms with E-state index in [-0.39, 0.29) is 50.2 Å². The van der Waals surface area contributed by atoms with Crippen LogP contribution in [0.3, 0.4) is 0 Å². The lowest BCUT2D eigenvalue weighted by Gasteiger charge is -2.52. The quantitative estimate of drug-likeness (QED) is 0.163. The number of rotatable bonds is 4. The first-order chi connectivity index (χ1) is 34.6. The Bertz CT molecular complexity index is 3420. The number of hydrogen-bond donors (Lipinski definition) is 0. The largest absolute Gasteiger partial charge is 0.335 e. The first-order valence-electron chi connectivity index (χ1n) is 28.3. The summed E-state index contributed by atoms with van der Waals surface area (Å²) in [5, 5.41) is 2.84. The Morgan fingerprint density at radius 1 is 0.527 bits per heavy atom. The molecule has 6 aliphatic rings. The third kappa shape index (κ3) is 6.68. The van der Waals surface area contributed by atoms with Crippen LogP contribution in [0.15, 0.2) is 109 Å². The van der Waals surface area contributed by atoms with E-state index in [1.807, 2.05) is 11.3 Å². The van der Waals surface area contributed by atoms with E-state index in [2.05, 4.69) is 235 Å². The molecule has 0 radical (unpaired) electrons. The molecule has 0 spiro atoms. The zero-order valence-corrected chi connectivity index (χ0v) is 48.5. The Morgan fingerprint density at radius 3 is 1.69 bits per heavy atom. The molecule has 13 rings (SSSR count). The Balaban J connectivity index is 1.18. The molecule has 1 aromatic heterocycles. The molecular weight excluding hydrogens is 914 g/mol. The van der Waals surface area contributed by atoms with Crippen molar-refractivity contribution in [3.05, 3.63) is 148 Å². The molecule has 3 atom stereocenters. The van der Waals surface area contributed by atoms with Crippen molar-refractivity contribution in [3.8, 4) is 0 Å². The molecule has 3 nitrogen and oxygen atoms in total. The van der Waals surface area contributed by atoms with Crippen molar-refractivity contribution in [2.24, 2.45) is 0 Å². The molecule has 5 heterocycles. The third-order valence-corrected chi connectivity index (χ3v) is 21.5. The lowest BCUT2D eigenvalue weighted by atomic mass is 9.33. The average molecular weight is 994 g/mol. The lowest BCUT2D eigenvalue weighted by Crippen LogP contribution is -2.64. The number of benzene rings is 6. The van der Waals surface area contributed by atoms with Crippen LogP contribution in [0.2, 0.25) is 0 Å². The summed E-state index contributed by atoms with van der Waals surface area (Å²) in [6.07, 6.45) is 8.40. The predicted octanol–water partition coefficient (Wildman–Crippen LogP) is 17.6. The monoisotopic (exact) mass is 994 g/mol. The molecule has 7 aromatic rings. The van der Waals surface area contributed by atoms with Gasteiger partial charge in [0.25, 0.3) is 6.71 Å². The fourth-order valence-electron chi connectivity index (χ4n) is 15.6. The molecule has 74 heavy (non-hydrogen) atoms. The van der Waals surface area contributed by atoms with Gasteiger partial charge in [-0.3, -0.25) is 0 Å². The van der Waals surface area contributed by atoms with Crippen LogP contribution in [-0.2, 0) is 37.9 Å². The summed E-state index contributed by atoms with van der Waals surface area (Å²) in [6.45, 7) is 39.2. The minimum Gasteiger partial charge on any atom is -0.335 e. The van der Waals surface area contributed by atoms with Gasteiger partial charge in [-0.1, -0.05) is 165 Å². The molecule has 2 aliphatic carbocycles. The van der Waals surface area contributed by atoms with E-state index in [4.69, 9.17) is 0 Å². The van der Waals surface area contributed by atoms with E-state index in [1.54, 1.807) is 16.7 Å². The summed E-state index contributed by atoms with van der Waals surface area (Å²) in [6, 6.07) is 44.9. The maximum atomic E-state index is 2.96. The second kappa shape index (κ2) is 15.2. The molecule has 380 valence electrons. The number of fused-ring (bicyclic) bond motifs is 5. The fourth-order valence-corrected chi connectivity index (χ4v) is 16.9. The van der Waals surface area contributed by atoms with Crippen LogP contribution in [0.4, 0.5) is 44.8 Å². The van der Waals surface area contributed by atoms with Crippen LogP contribution in [0.1, 0.15) is 195 Å². The van der Waals surface area contributed by atoms with Crippen LogP contribution < -0.4 is 31.1 Å². The third-order valence-electron chi connectivity index (χ3n) is 20.3. The molecule has 3 unspecified atom stereocenters. The summed E-state index contributed by atoms with van der Waals surface area (Å²) in [7, 11) is 0. The van der Waals surface area contributed by atoms with Gasteiger partial charge in [0.2, 0.25) is 0 Å². The molecular formula is C69H80BN3S. The molecule has 4 aliphatic heterocycles. The van der Waals surface area contributed by atoms with E-state index in [9.17, 15) is 0 Å². The summed E-state index contributed by atoms with van der Waals surface area (Å²) in [4.78, 5) is 8.27. The Kier molecular flexibility index (Phi) is 9.96. The number of nitrogens with zero attached hydrogens (tertiary/aromatic N) is 3. The zero-order chi connectivity index (χ0) is 52.2. The molecule has 0 saturated heterocycles. The van der Waals surface area contributed by atoms with Crippen molar-refractivity contribution in [1.82, 2.24) is 0 Å². The molecule has 1 fully saturated rings. The molecule has 5 heteroatoms. The van der Waals surface area contributed by atoms with Gasteiger partial charge in [-0.2, -0.15) is 0 Å². The zero-order valence-electron chi connectivity index (χ0n) is 47.7. The topological polar surface area (TPSA) is 9.72 Å². The lowest BCUT2D eigenvalue weighted by molar-refractivity contribution is 0.194. The highest BCUT2D eigenvalue weighted by Crippen LogP contribution is 2.64. The summed E-state index contributed by atoms with van der Waals surface area (Å²) < 4.78 is 1.43. The summed E-state index contributed by atoms with van der Waals surface area (Å²) >= 11 is 2.05. The second-order valence-corrected chi connectivity index (χ2v) is 30.3. The second-order valence-electron chi connectivity index (χ2n) is 29.2. The van der Waals surface area contributed by atoms with Gasteiger partial charge in [-0.05, 0) is 193 Å². The summed E-state index contributed by atoms with van der Waals surface area (Å²) in [5.74, 6) is 0. The number of thiophene rings is 1. The van der Waals surface area contributed by atoms with E-state index in [1.165, 1.54) is 126 Å². The normalized spacial score (nSPS) is 23.9. The average Bonchev–Trinajstić information content (AvgIpc) is 3.88. The smallest absolute Gasteiger partial charge is 0.254 e. The van der Waals surface area contributed by atoms with Crippen LogP contribution in [0.25, 0.3) is 10.1 Å². The first-order valence-corrected chi connectivity index (χ1v) is 29.2. The van der Waals surface area contributed by atoms with Crippen LogP contribution in [0.5, 0.6) is 0 Å². The Labute approximate surface area is 448 Å².